The number of carbonyl (C=O) groups excluding carboxylic acids is 2. The Morgan fingerprint density at radius 2 is 1.60 bits per heavy atom. The van der Waals surface area contributed by atoms with E-state index in [1.807, 2.05) is 34.1 Å². The van der Waals surface area contributed by atoms with Gasteiger partial charge in [-0.15, -0.1) is 0 Å². The minimum Gasteiger partial charge on any atom is -0.493 e. The standard InChI is InChI=1S/C23H27N3O4/c27-22(25-12-14-29-15-13-25)19-3-5-21(6-4-19)30-17-18-2-1-11-26(16-18)23(28)20-7-9-24-10-8-20/h3-10,18H,1-2,11-17H2/t18-/m0/s1. The van der Waals surface area contributed by atoms with E-state index in [9.17, 15) is 9.59 Å². The van der Waals surface area contributed by atoms with Crippen LogP contribution in [-0.2, 0) is 4.74 Å². The number of carbonyl (C=O) groups is 2. The lowest BCUT2D eigenvalue weighted by Crippen LogP contribution is -2.41. The van der Waals surface area contributed by atoms with Gasteiger partial charge >= 0.3 is 0 Å². The lowest BCUT2D eigenvalue weighted by atomic mass is 9.98. The maximum absolute atomic E-state index is 12.7. The Bertz CT molecular complexity index is 851. The Kier molecular flexibility index (Phi) is 6.59. The fourth-order valence-corrected chi connectivity index (χ4v) is 3.92. The van der Waals surface area contributed by atoms with E-state index in [4.69, 9.17) is 9.47 Å². The topological polar surface area (TPSA) is 72.0 Å². The van der Waals surface area contributed by atoms with Crippen molar-refractivity contribution in [2.24, 2.45) is 5.92 Å². The molecule has 4 rings (SSSR count). The number of likely N-dealkylation sites (tertiary alicyclic amines) is 1. The third-order valence-corrected chi connectivity index (χ3v) is 5.62. The molecule has 2 aliphatic heterocycles. The Morgan fingerprint density at radius 3 is 2.33 bits per heavy atom. The quantitative estimate of drug-likeness (QED) is 0.759. The van der Waals surface area contributed by atoms with Gasteiger partial charge in [0.05, 0.1) is 19.8 Å². The van der Waals surface area contributed by atoms with E-state index in [1.54, 1.807) is 24.5 Å². The summed E-state index contributed by atoms with van der Waals surface area (Å²) in [5, 5.41) is 0. The molecular weight excluding hydrogens is 382 g/mol. The second kappa shape index (κ2) is 9.71. The van der Waals surface area contributed by atoms with E-state index in [-0.39, 0.29) is 11.8 Å². The predicted octanol–water partition coefficient (Wildman–Crippen LogP) is 2.49. The zero-order valence-electron chi connectivity index (χ0n) is 17.0. The second-order valence-electron chi connectivity index (χ2n) is 7.74. The molecule has 0 radical (unpaired) electrons. The molecule has 1 aromatic heterocycles. The van der Waals surface area contributed by atoms with Crippen LogP contribution in [0.15, 0.2) is 48.8 Å². The molecule has 7 heteroatoms. The first-order valence-corrected chi connectivity index (χ1v) is 10.5. The maximum Gasteiger partial charge on any atom is 0.254 e. The first-order chi connectivity index (χ1) is 14.7. The van der Waals surface area contributed by atoms with E-state index in [1.165, 1.54) is 0 Å². The van der Waals surface area contributed by atoms with Crippen LogP contribution in [0.3, 0.4) is 0 Å². The van der Waals surface area contributed by atoms with Gasteiger partial charge in [-0.05, 0) is 49.2 Å². The average molecular weight is 409 g/mol. The van der Waals surface area contributed by atoms with Gasteiger partial charge in [-0.2, -0.15) is 0 Å². The molecule has 0 aliphatic carbocycles. The summed E-state index contributed by atoms with van der Waals surface area (Å²) in [6.45, 7) is 4.46. The number of benzene rings is 1. The Labute approximate surface area is 176 Å². The number of hydrogen-bond acceptors (Lipinski definition) is 5. The predicted molar refractivity (Wildman–Crippen MR) is 112 cm³/mol. The van der Waals surface area contributed by atoms with E-state index >= 15 is 0 Å². The summed E-state index contributed by atoms with van der Waals surface area (Å²) in [6, 6.07) is 10.8. The summed E-state index contributed by atoms with van der Waals surface area (Å²) >= 11 is 0. The first kappa shape index (κ1) is 20.3. The number of ether oxygens (including phenoxy) is 2. The maximum atomic E-state index is 12.7. The molecule has 0 saturated carbocycles. The molecule has 0 unspecified atom stereocenters. The van der Waals surface area contributed by atoms with Crippen molar-refractivity contribution in [3.63, 3.8) is 0 Å². The highest BCUT2D eigenvalue weighted by Gasteiger charge is 2.25. The Morgan fingerprint density at radius 1 is 0.933 bits per heavy atom. The SMILES string of the molecule is O=C(c1ccc(OC[C@H]2CCCN(C(=O)c3ccncc3)C2)cc1)N1CCOCC1. The fourth-order valence-electron chi connectivity index (χ4n) is 3.92. The van der Waals surface area contributed by atoms with Gasteiger partial charge < -0.3 is 19.3 Å². The number of aromatic nitrogens is 1. The summed E-state index contributed by atoms with van der Waals surface area (Å²) in [5.74, 6) is 1.11. The molecule has 3 heterocycles. The molecular formula is C23H27N3O4. The average Bonchev–Trinajstić information content (AvgIpc) is 2.83. The van der Waals surface area contributed by atoms with Gasteiger partial charge in [0.2, 0.25) is 0 Å². The molecule has 2 aromatic rings. The van der Waals surface area contributed by atoms with Crippen LogP contribution >= 0.6 is 0 Å². The summed E-state index contributed by atoms with van der Waals surface area (Å²) in [4.78, 5) is 32.9. The molecule has 158 valence electrons. The molecule has 2 fully saturated rings. The number of morpholine rings is 1. The van der Waals surface area contributed by atoms with Gasteiger partial charge in [0, 0.05) is 55.6 Å². The van der Waals surface area contributed by atoms with E-state index in [2.05, 4.69) is 4.98 Å². The molecule has 0 N–H and O–H groups in total. The third kappa shape index (κ3) is 4.97. The Hall–Kier alpha value is -2.93. The monoisotopic (exact) mass is 409 g/mol. The van der Waals surface area contributed by atoms with Crippen LogP contribution in [0.4, 0.5) is 0 Å². The highest BCUT2D eigenvalue weighted by atomic mass is 16.5. The highest BCUT2D eigenvalue weighted by molar-refractivity contribution is 5.94. The molecule has 1 aromatic carbocycles. The van der Waals surface area contributed by atoms with Gasteiger partial charge in [-0.3, -0.25) is 14.6 Å². The number of nitrogens with zero attached hydrogens (tertiary/aromatic N) is 3. The van der Waals surface area contributed by atoms with Crippen LogP contribution in [0.2, 0.25) is 0 Å². The van der Waals surface area contributed by atoms with Crippen molar-refractivity contribution in [3.8, 4) is 5.75 Å². The number of hydrogen-bond donors (Lipinski definition) is 0. The highest BCUT2D eigenvalue weighted by Crippen LogP contribution is 2.21. The van der Waals surface area contributed by atoms with E-state index in [0.717, 1.165) is 25.1 Å². The van der Waals surface area contributed by atoms with Crippen LogP contribution < -0.4 is 4.74 Å². The zero-order chi connectivity index (χ0) is 20.8. The minimum atomic E-state index is 0.0300. The van der Waals surface area contributed by atoms with Crippen molar-refractivity contribution in [2.45, 2.75) is 12.8 Å². The van der Waals surface area contributed by atoms with Crippen LogP contribution in [-0.4, -0.2) is 72.6 Å². The van der Waals surface area contributed by atoms with Crippen molar-refractivity contribution in [2.75, 3.05) is 46.0 Å². The van der Waals surface area contributed by atoms with Crippen LogP contribution in [0.1, 0.15) is 33.6 Å². The lowest BCUT2D eigenvalue weighted by molar-refractivity contribution is 0.0303. The van der Waals surface area contributed by atoms with Crippen LogP contribution in [0.5, 0.6) is 5.75 Å². The molecule has 2 amide bonds. The lowest BCUT2D eigenvalue weighted by Gasteiger charge is -2.32. The fraction of sp³-hybridized carbons (Fsp3) is 0.435. The normalized spacial score (nSPS) is 19.4. The van der Waals surface area contributed by atoms with Crippen molar-refractivity contribution >= 4 is 11.8 Å². The van der Waals surface area contributed by atoms with Crippen molar-refractivity contribution in [1.82, 2.24) is 14.8 Å². The third-order valence-electron chi connectivity index (χ3n) is 5.62. The molecule has 30 heavy (non-hydrogen) atoms. The molecule has 0 spiro atoms. The number of rotatable bonds is 5. The van der Waals surface area contributed by atoms with Crippen molar-refractivity contribution < 1.29 is 19.1 Å². The van der Waals surface area contributed by atoms with Crippen LogP contribution in [0.25, 0.3) is 0 Å². The first-order valence-electron chi connectivity index (χ1n) is 10.5. The van der Waals surface area contributed by atoms with Crippen molar-refractivity contribution in [1.29, 1.82) is 0 Å². The Balaban J connectivity index is 1.29. The number of pyridine rings is 1. The van der Waals surface area contributed by atoms with Gasteiger partial charge in [0.15, 0.2) is 0 Å². The van der Waals surface area contributed by atoms with Crippen molar-refractivity contribution in [3.05, 3.63) is 59.9 Å². The second-order valence-corrected chi connectivity index (χ2v) is 7.74. The van der Waals surface area contributed by atoms with Gasteiger partial charge in [0.25, 0.3) is 11.8 Å². The van der Waals surface area contributed by atoms with E-state index < -0.39 is 0 Å². The summed E-state index contributed by atoms with van der Waals surface area (Å²) in [6.07, 6.45) is 5.29. The molecule has 0 bridgehead atoms. The van der Waals surface area contributed by atoms with Crippen LogP contribution in [0, 0.1) is 5.92 Å². The zero-order valence-corrected chi connectivity index (χ0v) is 17.0. The molecule has 1 atom stereocenters. The number of piperidine rings is 1. The molecule has 7 nitrogen and oxygen atoms in total. The summed E-state index contributed by atoms with van der Waals surface area (Å²) in [7, 11) is 0. The smallest absolute Gasteiger partial charge is 0.254 e. The summed E-state index contributed by atoms with van der Waals surface area (Å²) in [5.41, 5.74) is 1.34. The van der Waals surface area contributed by atoms with E-state index in [0.29, 0.717) is 56.5 Å². The number of amides is 2. The largest absolute Gasteiger partial charge is 0.493 e. The molecule has 2 aliphatic rings. The molecule has 2 saturated heterocycles. The van der Waals surface area contributed by atoms with Gasteiger partial charge in [0.1, 0.15) is 5.75 Å². The van der Waals surface area contributed by atoms with Gasteiger partial charge in [-0.25, -0.2) is 0 Å². The minimum absolute atomic E-state index is 0.0300. The van der Waals surface area contributed by atoms with Gasteiger partial charge in [-0.1, -0.05) is 0 Å². The summed E-state index contributed by atoms with van der Waals surface area (Å²) < 4.78 is 11.3.